The van der Waals surface area contributed by atoms with Gasteiger partial charge in [-0.05, 0) is 6.07 Å². The fraction of sp³-hybridized carbons (Fsp3) is 0.333. The molecule has 0 unspecified atom stereocenters. The molecule has 1 rings (SSSR count). The predicted molar refractivity (Wildman–Crippen MR) is 48.8 cm³/mol. The van der Waals surface area contributed by atoms with Gasteiger partial charge < -0.3 is 10.5 Å². The van der Waals surface area contributed by atoms with Crippen LogP contribution in [0.25, 0.3) is 0 Å². The molecule has 0 atom stereocenters. The van der Waals surface area contributed by atoms with Gasteiger partial charge in [0, 0.05) is 26.5 Å². The SMILES string of the molecule is CN=C(NC)n1cccn1.O=[N+]([O-])O. The molecule has 0 saturated carbocycles. The maximum Gasteiger partial charge on any atom is 0.291 e. The molecule has 0 aliphatic carbocycles. The Labute approximate surface area is 80.0 Å². The minimum absolute atomic E-state index is 0.741. The molecule has 1 aromatic rings. The first-order valence-corrected chi connectivity index (χ1v) is 3.59. The third kappa shape index (κ3) is 4.70. The second-order valence-corrected chi connectivity index (χ2v) is 1.99. The lowest BCUT2D eigenvalue weighted by Gasteiger charge is -2.01. The molecule has 14 heavy (non-hydrogen) atoms. The third-order valence-electron chi connectivity index (χ3n) is 1.16. The van der Waals surface area contributed by atoms with E-state index in [2.05, 4.69) is 15.4 Å². The van der Waals surface area contributed by atoms with Gasteiger partial charge in [-0.15, -0.1) is 10.1 Å². The summed E-state index contributed by atoms with van der Waals surface area (Å²) in [5.74, 6) is 0.741. The van der Waals surface area contributed by atoms with Crippen LogP contribution in [-0.2, 0) is 0 Å². The highest BCUT2D eigenvalue weighted by molar-refractivity contribution is 5.80. The Morgan fingerprint density at radius 3 is 2.64 bits per heavy atom. The zero-order valence-electron chi connectivity index (χ0n) is 7.78. The van der Waals surface area contributed by atoms with Crippen molar-refractivity contribution in [2.24, 2.45) is 4.99 Å². The number of rotatable bonds is 0. The van der Waals surface area contributed by atoms with E-state index in [0.717, 1.165) is 5.96 Å². The largest absolute Gasteiger partial charge is 0.358 e. The number of nitrogens with one attached hydrogen (secondary N) is 1. The van der Waals surface area contributed by atoms with Crippen molar-refractivity contribution < 1.29 is 10.3 Å². The topological polar surface area (TPSA) is 106 Å². The molecule has 0 spiro atoms. The molecule has 0 aromatic carbocycles. The van der Waals surface area contributed by atoms with Crippen LogP contribution >= 0.6 is 0 Å². The summed E-state index contributed by atoms with van der Waals surface area (Å²) in [5, 5.41) is 20.5. The van der Waals surface area contributed by atoms with Crippen LogP contribution in [0.3, 0.4) is 0 Å². The van der Waals surface area contributed by atoms with Crippen LogP contribution in [0.5, 0.6) is 0 Å². The molecule has 0 fully saturated rings. The quantitative estimate of drug-likeness (QED) is 0.257. The lowest BCUT2D eigenvalue weighted by Crippen LogP contribution is -2.26. The van der Waals surface area contributed by atoms with Gasteiger partial charge in [-0.2, -0.15) is 5.10 Å². The molecular formula is C6H11N5O3. The second kappa shape index (κ2) is 6.40. The zero-order valence-corrected chi connectivity index (χ0v) is 7.78. The average molecular weight is 201 g/mol. The molecule has 1 heterocycles. The molecular weight excluding hydrogens is 190 g/mol. The Morgan fingerprint density at radius 1 is 1.79 bits per heavy atom. The van der Waals surface area contributed by atoms with Gasteiger partial charge >= 0.3 is 0 Å². The smallest absolute Gasteiger partial charge is 0.291 e. The Balaban J connectivity index is 0.000000364. The standard InChI is InChI=1S/C6H10N4.HNO3/c1-7-6(8-2)10-5-3-4-9-10;2-1(3)4/h3-5H,1-2H3,(H,7,8);(H,2,3,4). The molecule has 78 valence electrons. The second-order valence-electron chi connectivity index (χ2n) is 1.99. The summed E-state index contributed by atoms with van der Waals surface area (Å²) in [6.45, 7) is 0. The van der Waals surface area contributed by atoms with Crippen molar-refractivity contribution in [3.05, 3.63) is 28.6 Å². The highest BCUT2D eigenvalue weighted by atomic mass is 16.9. The van der Waals surface area contributed by atoms with Gasteiger partial charge in [0.15, 0.2) is 0 Å². The van der Waals surface area contributed by atoms with Gasteiger partial charge in [0.1, 0.15) is 0 Å². The summed E-state index contributed by atoms with van der Waals surface area (Å²) in [6, 6.07) is 1.85. The molecule has 0 aliphatic rings. The van der Waals surface area contributed by atoms with Gasteiger partial charge in [0.25, 0.3) is 5.09 Å². The van der Waals surface area contributed by atoms with Crippen LogP contribution in [-0.4, -0.2) is 40.1 Å². The fourth-order valence-electron chi connectivity index (χ4n) is 0.723. The van der Waals surface area contributed by atoms with E-state index in [1.54, 1.807) is 17.9 Å². The Morgan fingerprint density at radius 2 is 2.36 bits per heavy atom. The molecule has 0 saturated heterocycles. The molecule has 0 radical (unpaired) electrons. The molecule has 2 N–H and O–H groups in total. The third-order valence-corrected chi connectivity index (χ3v) is 1.16. The van der Waals surface area contributed by atoms with E-state index in [1.165, 1.54) is 0 Å². The van der Waals surface area contributed by atoms with E-state index in [1.807, 2.05) is 19.3 Å². The number of aromatic nitrogens is 2. The number of nitrogens with zero attached hydrogens (tertiary/aromatic N) is 4. The first kappa shape index (κ1) is 11.9. The monoisotopic (exact) mass is 201 g/mol. The molecule has 0 bridgehead atoms. The number of hydrogen-bond acceptors (Lipinski definition) is 4. The molecule has 8 nitrogen and oxygen atoms in total. The van der Waals surface area contributed by atoms with Crippen molar-refractivity contribution in [3.8, 4) is 0 Å². The minimum atomic E-state index is -1.50. The number of hydrogen-bond donors (Lipinski definition) is 2. The number of aliphatic imine (C=N–C) groups is 1. The zero-order chi connectivity index (χ0) is 11.0. The summed E-state index contributed by atoms with van der Waals surface area (Å²) < 4.78 is 1.67. The van der Waals surface area contributed by atoms with E-state index in [9.17, 15) is 0 Å². The lowest BCUT2D eigenvalue weighted by molar-refractivity contribution is -0.742. The Hall–Kier alpha value is -2.12. The van der Waals surface area contributed by atoms with Crippen molar-refractivity contribution in [1.82, 2.24) is 15.1 Å². The van der Waals surface area contributed by atoms with E-state index < -0.39 is 5.09 Å². The fourth-order valence-corrected chi connectivity index (χ4v) is 0.723. The maximum absolute atomic E-state index is 8.36. The van der Waals surface area contributed by atoms with Gasteiger partial charge in [-0.25, -0.2) is 4.68 Å². The van der Waals surface area contributed by atoms with Crippen molar-refractivity contribution in [2.45, 2.75) is 0 Å². The van der Waals surface area contributed by atoms with Crippen LogP contribution in [0.1, 0.15) is 0 Å². The van der Waals surface area contributed by atoms with Crippen molar-refractivity contribution in [2.75, 3.05) is 14.1 Å². The highest BCUT2D eigenvalue weighted by Gasteiger charge is 1.94. The normalized spacial score (nSPS) is 10.0. The van der Waals surface area contributed by atoms with Gasteiger partial charge in [0.05, 0.1) is 0 Å². The summed E-state index contributed by atoms with van der Waals surface area (Å²) >= 11 is 0. The first-order chi connectivity index (χ1) is 6.61. The lowest BCUT2D eigenvalue weighted by atomic mass is 10.7. The summed E-state index contributed by atoms with van der Waals surface area (Å²) in [7, 11) is 3.53. The van der Waals surface area contributed by atoms with E-state index >= 15 is 0 Å². The summed E-state index contributed by atoms with van der Waals surface area (Å²) in [6.07, 6.45) is 3.54. The minimum Gasteiger partial charge on any atom is -0.358 e. The Kier molecular flexibility index (Phi) is 5.43. The highest BCUT2D eigenvalue weighted by Crippen LogP contribution is 1.81. The van der Waals surface area contributed by atoms with Gasteiger partial charge in [0.2, 0.25) is 5.96 Å². The van der Waals surface area contributed by atoms with Gasteiger partial charge in [-0.1, -0.05) is 0 Å². The molecule has 0 amide bonds. The van der Waals surface area contributed by atoms with Crippen LogP contribution in [0, 0.1) is 10.1 Å². The van der Waals surface area contributed by atoms with Crippen molar-refractivity contribution in [1.29, 1.82) is 0 Å². The van der Waals surface area contributed by atoms with Gasteiger partial charge in [-0.3, -0.25) is 4.99 Å². The van der Waals surface area contributed by atoms with Crippen molar-refractivity contribution >= 4 is 5.96 Å². The van der Waals surface area contributed by atoms with Crippen LogP contribution in [0.4, 0.5) is 0 Å². The summed E-state index contributed by atoms with van der Waals surface area (Å²) in [4.78, 5) is 12.3. The first-order valence-electron chi connectivity index (χ1n) is 3.59. The summed E-state index contributed by atoms with van der Waals surface area (Å²) in [5.41, 5.74) is 0. The Bertz CT molecular complexity index is 290. The van der Waals surface area contributed by atoms with Crippen molar-refractivity contribution in [3.63, 3.8) is 0 Å². The van der Waals surface area contributed by atoms with E-state index in [4.69, 9.17) is 15.3 Å². The van der Waals surface area contributed by atoms with Crippen LogP contribution in [0.15, 0.2) is 23.5 Å². The van der Waals surface area contributed by atoms with Crippen LogP contribution in [0.2, 0.25) is 0 Å². The molecule has 8 heteroatoms. The van der Waals surface area contributed by atoms with E-state index in [-0.39, 0.29) is 0 Å². The molecule has 0 aliphatic heterocycles. The molecule has 1 aromatic heterocycles. The van der Waals surface area contributed by atoms with E-state index in [0.29, 0.717) is 0 Å². The maximum atomic E-state index is 8.36. The predicted octanol–water partition coefficient (Wildman–Crippen LogP) is -0.411. The van der Waals surface area contributed by atoms with Crippen LogP contribution < -0.4 is 5.32 Å². The average Bonchev–Trinajstić information content (AvgIpc) is 2.58.